The van der Waals surface area contributed by atoms with Crippen LogP contribution in [0.4, 0.5) is 5.69 Å². The Morgan fingerprint density at radius 1 is 1.24 bits per heavy atom. The Labute approximate surface area is 153 Å². The van der Waals surface area contributed by atoms with Crippen LogP contribution in [0, 0.1) is 4.91 Å². The van der Waals surface area contributed by atoms with Crippen molar-refractivity contribution in [1.29, 1.82) is 0 Å². The molecule has 1 aliphatic rings. The van der Waals surface area contributed by atoms with Gasteiger partial charge in [-0.25, -0.2) is 5.21 Å². The third-order valence-corrected chi connectivity index (χ3v) is 4.52. The number of benzene rings is 2. The van der Waals surface area contributed by atoms with E-state index in [4.69, 9.17) is 22.2 Å². The molecule has 0 aliphatic carbocycles. The summed E-state index contributed by atoms with van der Waals surface area (Å²) in [4.78, 5) is 22.8. The lowest BCUT2D eigenvalue weighted by atomic mass is 10.2. The molecule has 2 aromatic carbocycles. The fraction of sp³-hybridized carbons (Fsp3) is 0.0588. The van der Waals surface area contributed by atoms with Crippen LogP contribution >= 0.6 is 24.0 Å². The van der Waals surface area contributed by atoms with Gasteiger partial charge in [0.15, 0.2) is 0 Å². The lowest BCUT2D eigenvalue weighted by molar-refractivity contribution is -0.729. The quantitative estimate of drug-likeness (QED) is 0.474. The lowest BCUT2D eigenvalue weighted by Gasteiger charge is -2.07. The number of hydrogen-bond donors (Lipinski definition) is 2. The van der Waals surface area contributed by atoms with Crippen molar-refractivity contribution in [2.24, 2.45) is 0 Å². The summed E-state index contributed by atoms with van der Waals surface area (Å²) in [5, 5.41) is 11.4. The number of rotatable bonds is 5. The lowest BCUT2D eigenvalue weighted by Crippen LogP contribution is -2.17. The van der Waals surface area contributed by atoms with Crippen molar-refractivity contribution in [3.63, 3.8) is 0 Å². The molecule has 0 radical (unpaired) electrons. The zero-order valence-electron chi connectivity index (χ0n) is 12.8. The smallest absolute Gasteiger partial charge is 0.316 e. The number of ether oxygens (including phenoxy) is 1. The van der Waals surface area contributed by atoms with Crippen LogP contribution in [0.3, 0.4) is 0 Å². The van der Waals surface area contributed by atoms with Crippen molar-refractivity contribution < 1.29 is 19.7 Å². The van der Waals surface area contributed by atoms with Crippen molar-refractivity contribution in [3.8, 4) is 5.75 Å². The van der Waals surface area contributed by atoms with Crippen LogP contribution in [-0.2, 0) is 11.4 Å². The third kappa shape index (κ3) is 4.43. The van der Waals surface area contributed by atoms with Gasteiger partial charge in [-0.3, -0.25) is 4.79 Å². The van der Waals surface area contributed by atoms with Gasteiger partial charge in [-0.15, -0.1) is 0 Å². The number of thioether (sulfide) groups is 1. The first-order valence-corrected chi connectivity index (χ1v) is 8.46. The van der Waals surface area contributed by atoms with Crippen molar-refractivity contribution in [2.45, 2.75) is 6.61 Å². The normalized spacial score (nSPS) is 15.3. The largest absolute Gasteiger partial charge is 0.489 e. The van der Waals surface area contributed by atoms with Gasteiger partial charge in [0.2, 0.25) is 0 Å². The minimum Gasteiger partial charge on any atom is -0.489 e. The predicted molar refractivity (Wildman–Crippen MR) is 98.6 cm³/mol. The van der Waals surface area contributed by atoms with Gasteiger partial charge in [-0.05, 0) is 41.5 Å². The minimum atomic E-state index is -0.197. The maximum Gasteiger partial charge on any atom is 0.316 e. The summed E-state index contributed by atoms with van der Waals surface area (Å²) < 4.78 is 6.18. The average molecular weight is 373 g/mol. The van der Waals surface area contributed by atoms with Crippen molar-refractivity contribution >= 4 is 46.0 Å². The molecule has 126 valence electrons. The molecule has 1 amide bonds. The molecule has 1 saturated heterocycles. The molecule has 2 aromatic rings. The summed E-state index contributed by atoms with van der Waals surface area (Å²) in [6.07, 6.45) is 1.75. The minimum absolute atomic E-state index is 0.155. The highest BCUT2D eigenvalue weighted by atomic mass is 32.2. The van der Waals surface area contributed by atoms with E-state index in [0.29, 0.717) is 21.6 Å². The van der Waals surface area contributed by atoms with E-state index in [2.05, 4.69) is 5.32 Å². The van der Waals surface area contributed by atoms with Gasteiger partial charge in [0.05, 0.1) is 9.81 Å². The molecular weight excluding hydrogens is 360 g/mol. The molecule has 0 aromatic heterocycles. The standard InChI is InChI=1S/C17H12N2O4S2/c20-16-15(25-17(24)18-16)9-12-2-1-3-14(8-12)23-10-11-4-6-13(7-5-11)19(21)22/h1-9H,10H2,(H-,18,20,21,22,24)/p+1/b15-9+. The van der Waals surface area contributed by atoms with E-state index in [1.165, 1.54) is 23.9 Å². The van der Waals surface area contributed by atoms with Crippen LogP contribution in [-0.4, -0.2) is 20.4 Å². The summed E-state index contributed by atoms with van der Waals surface area (Å²) in [5.74, 6) is 0.453. The average Bonchev–Trinajstić information content (AvgIpc) is 2.91. The summed E-state index contributed by atoms with van der Waals surface area (Å²) in [5.41, 5.74) is 1.84. The van der Waals surface area contributed by atoms with Crippen LogP contribution in [0.25, 0.3) is 6.08 Å². The highest BCUT2D eigenvalue weighted by molar-refractivity contribution is 8.26. The number of carbonyl (C=O) groups excluding carboxylic acids is 1. The van der Waals surface area contributed by atoms with Crippen LogP contribution < -0.4 is 10.1 Å². The highest BCUT2D eigenvalue weighted by Gasteiger charge is 2.21. The fourth-order valence-corrected chi connectivity index (χ4v) is 3.20. The molecule has 0 saturated carbocycles. The summed E-state index contributed by atoms with van der Waals surface area (Å²) in [6.45, 7) is 0.309. The Balaban J connectivity index is 1.68. The fourth-order valence-electron chi connectivity index (χ4n) is 2.15. The highest BCUT2D eigenvalue weighted by Crippen LogP contribution is 2.27. The molecule has 2 N–H and O–H groups in total. The molecule has 3 rings (SSSR count). The van der Waals surface area contributed by atoms with Crippen molar-refractivity contribution in [1.82, 2.24) is 5.32 Å². The van der Waals surface area contributed by atoms with Crippen molar-refractivity contribution in [2.75, 3.05) is 0 Å². The molecule has 8 heteroatoms. The summed E-state index contributed by atoms with van der Waals surface area (Å²) in [6, 6.07) is 13.7. The third-order valence-electron chi connectivity index (χ3n) is 3.36. The number of carbonyl (C=O) groups is 1. The number of thiocarbonyl (C=S) groups is 1. The molecule has 25 heavy (non-hydrogen) atoms. The Morgan fingerprint density at radius 3 is 2.64 bits per heavy atom. The summed E-state index contributed by atoms with van der Waals surface area (Å²) >= 11 is 6.19. The molecule has 1 aliphatic heterocycles. The van der Waals surface area contributed by atoms with Gasteiger partial charge in [0.1, 0.15) is 16.7 Å². The Kier molecular flexibility index (Phi) is 5.11. The van der Waals surface area contributed by atoms with E-state index < -0.39 is 0 Å². The number of amides is 1. The SMILES string of the molecule is O=C1NC(=S)S/C1=C/c1cccc(OCc2ccc([N+](=O)O)cc2)c1. The monoisotopic (exact) mass is 373 g/mol. The van der Waals surface area contributed by atoms with Gasteiger partial charge >= 0.3 is 5.69 Å². The topological polar surface area (TPSA) is 78.6 Å². The molecule has 1 heterocycles. The van der Waals surface area contributed by atoms with Gasteiger partial charge in [0.25, 0.3) is 10.8 Å². The Morgan fingerprint density at radius 2 is 2.00 bits per heavy atom. The van der Waals surface area contributed by atoms with E-state index in [9.17, 15) is 9.70 Å². The van der Waals surface area contributed by atoms with E-state index in [1.807, 2.05) is 24.3 Å². The van der Waals surface area contributed by atoms with Crippen LogP contribution in [0.15, 0.2) is 53.4 Å². The summed E-state index contributed by atoms with van der Waals surface area (Å²) in [7, 11) is 0. The molecule has 0 spiro atoms. The van der Waals surface area contributed by atoms with E-state index >= 15 is 0 Å². The first-order valence-electron chi connectivity index (χ1n) is 7.24. The Bertz CT molecular complexity index is 878. The second-order valence-corrected chi connectivity index (χ2v) is 6.87. The molecule has 0 unspecified atom stereocenters. The number of hydrogen-bond acceptors (Lipinski definition) is 5. The first kappa shape index (κ1) is 17.1. The molecule has 0 bridgehead atoms. The zero-order chi connectivity index (χ0) is 17.8. The van der Waals surface area contributed by atoms with E-state index in [-0.39, 0.29) is 16.5 Å². The number of nitrogens with one attached hydrogen (secondary N) is 1. The van der Waals surface area contributed by atoms with Gasteiger partial charge < -0.3 is 10.1 Å². The predicted octanol–water partition coefficient (Wildman–Crippen LogP) is 3.55. The van der Waals surface area contributed by atoms with Gasteiger partial charge in [0, 0.05) is 12.1 Å². The first-order chi connectivity index (χ1) is 12.0. The molecule has 1 fully saturated rings. The Hall–Kier alpha value is -2.71. The van der Waals surface area contributed by atoms with Crippen LogP contribution in [0.2, 0.25) is 0 Å². The zero-order valence-corrected chi connectivity index (χ0v) is 14.5. The molecule has 6 nitrogen and oxygen atoms in total. The molecular formula is C17H13N2O4S2+. The van der Waals surface area contributed by atoms with E-state index in [1.54, 1.807) is 18.2 Å². The van der Waals surface area contributed by atoms with Crippen LogP contribution in [0.5, 0.6) is 5.75 Å². The maximum atomic E-state index is 11.7. The van der Waals surface area contributed by atoms with Crippen LogP contribution in [0.1, 0.15) is 11.1 Å². The van der Waals surface area contributed by atoms with Gasteiger partial charge in [-0.2, -0.15) is 0 Å². The second kappa shape index (κ2) is 7.45. The number of nitrogens with zero attached hydrogens (tertiary/aromatic N) is 1. The van der Waals surface area contributed by atoms with Gasteiger partial charge in [-0.1, -0.05) is 36.1 Å². The molecule has 0 atom stereocenters. The second-order valence-electron chi connectivity index (χ2n) is 5.15. The maximum absolute atomic E-state index is 11.7. The van der Waals surface area contributed by atoms with Crippen molar-refractivity contribution in [3.05, 3.63) is 69.5 Å². The van der Waals surface area contributed by atoms with E-state index in [0.717, 1.165) is 11.1 Å².